The first-order chi connectivity index (χ1) is 8.53. The lowest BCUT2D eigenvalue weighted by molar-refractivity contribution is 0.478. The van der Waals surface area contributed by atoms with Crippen molar-refractivity contribution in [2.24, 2.45) is 5.73 Å². The van der Waals surface area contributed by atoms with Gasteiger partial charge in [0.1, 0.15) is 16.4 Å². The van der Waals surface area contributed by atoms with Crippen molar-refractivity contribution in [2.45, 2.75) is 24.9 Å². The zero-order valence-corrected chi connectivity index (χ0v) is 11.5. The fraction of sp³-hybridized carbons (Fsp3) is 0.273. The third-order valence-electron chi connectivity index (χ3n) is 2.46. The minimum Gasteiger partial charge on any atom is -0.464 e. The Morgan fingerprint density at radius 3 is 2.83 bits per heavy atom. The average molecular weight is 286 g/mol. The quantitative estimate of drug-likeness (QED) is 0.874. The maximum Gasteiger partial charge on any atom is 0.244 e. The van der Waals surface area contributed by atoms with Gasteiger partial charge in [-0.2, -0.15) is 11.3 Å². The molecule has 2 aromatic heterocycles. The first-order valence-electron chi connectivity index (χ1n) is 5.33. The second-order valence-corrected chi connectivity index (χ2v) is 6.31. The van der Waals surface area contributed by atoms with Crippen LogP contribution in [0.3, 0.4) is 0 Å². The van der Waals surface area contributed by atoms with Gasteiger partial charge >= 0.3 is 0 Å². The summed E-state index contributed by atoms with van der Waals surface area (Å²) in [6.45, 7) is 2.06. The van der Waals surface area contributed by atoms with Crippen LogP contribution < -0.4 is 10.5 Å². The Labute approximate surface area is 110 Å². The van der Waals surface area contributed by atoms with E-state index in [4.69, 9.17) is 10.2 Å². The number of furan rings is 1. The molecule has 0 atom stereocenters. The molecule has 2 aromatic rings. The molecule has 0 amide bonds. The molecule has 0 saturated heterocycles. The highest BCUT2D eigenvalue weighted by Gasteiger charge is 2.20. The third-order valence-corrected chi connectivity index (χ3v) is 4.70. The Bertz CT molecular complexity index is 615. The van der Waals surface area contributed by atoms with Crippen LogP contribution in [0.25, 0.3) is 0 Å². The zero-order valence-electron chi connectivity index (χ0n) is 9.84. The van der Waals surface area contributed by atoms with Gasteiger partial charge in [0, 0.05) is 12.6 Å². The van der Waals surface area contributed by atoms with Crippen LogP contribution >= 0.6 is 11.3 Å². The number of thiophene rings is 1. The lowest BCUT2D eigenvalue weighted by Gasteiger charge is -2.03. The van der Waals surface area contributed by atoms with Crippen molar-refractivity contribution in [2.75, 3.05) is 0 Å². The summed E-state index contributed by atoms with van der Waals surface area (Å²) in [5.74, 6) is 0.816. The first-order valence-corrected chi connectivity index (χ1v) is 7.75. The molecule has 7 heteroatoms. The monoisotopic (exact) mass is 286 g/mol. The standard InChI is InChI=1S/C11H14N2O3S2/c1-8-11(4-10(5-12)16-8)18(14,15)13-6-9-2-3-17-7-9/h2-4,7,13H,5-6,12H2,1H3. The molecular weight excluding hydrogens is 272 g/mol. The fourth-order valence-corrected chi connectivity index (χ4v) is 3.43. The van der Waals surface area contributed by atoms with Gasteiger partial charge < -0.3 is 10.2 Å². The topological polar surface area (TPSA) is 85.3 Å². The van der Waals surface area contributed by atoms with Crippen LogP contribution in [0, 0.1) is 6.92 Å². The maximum absolute atomic E-state index is 12.1. The van der Waals surface area contributed by atoms with Crippen molar-refractivity contribution in [1.82, 2.24) is 4.72 Å². The molecular formula is C11H14N2O3S2. The molecule has 2 rings (SSSR count). The molecule has 0 aliphatic heterocycles. The van der Waals surface area contributed by atoms with Crippen LogP contribution in [0.1, 0.15) is 17.1 Å². The van der Waals surface area contributed by atoms with Crippen LogP contribution in [0.4, 0.5) is 0 Å². The Morgan fingerprint density at radius 2 is 2.28 bits per heavy atom. The van der Waals surface area contributed by atoms with Crippen molar-refractivity contribution in [3.8, 4) is 0 Å². The highest BCUT2D eigenvalue weighted by Crippen LogP contribution is 2.20. The van der Waals surface area contributed by atoms with Crippen molar-refractivity contribution in [3.05, 3.63) is 40.0 Å². The minimum absolute atomic E-state index is 0.151. The number of nitrogens with one attached hydrogen (secondary N) is 1. The predicted molar refractivity (Wildman–Crippen MR) is 69.7 cm³/mol. The summed E-state index contributed by atoms with van der Waals surface area (Å²) >= 11 is 1.53. The van der Waals surface area contributed by atoms with Gasteiger partial charge in [-0.15, -0.1) is 0 Å². The van der Waals surface area contributed by atoms with E-state index < -0.39 is 10.0 Å². The van der Waals surface area contributed by atoms with E-state index in [2.05, 4.69) is 4.72 Å². The zero-order chi connectivity index (χ0) is 13.2. The number of sulfonamides is 1. The number of aryl methyl sites for hydroxylation is 1. The highest BCUT2D eigenvalue weighted by atomic mass is 32.2. The van der Waals surface area contributed by atoms with Crippen molar-refractivity contribution in [3.63, 3.8) is 0 Å². The van der Waals surface area contributed by atoms with Gasteiger partial charge in [0.15, 0.2) is 0 Å². The van der Waals surface area contributed by atoms with E-state index in [1.165, 1.54) is 17.4 Å². The lowest BCUT2D eigenvalue weighted by atomic mass is 10.4. The smallest absolute Gasteiger partial charge is 0.244 e. The van der Waals surface area contributed by atoms with Crippen LogP contribution in [0.5, 0.6) is 0 Å². The number of hydrogen-bond acceptors (Lipinski definition) is 5. The van der Waals surface area contributed by atoms with Gasteiger partial charge in [-0.25, -0.2) is 13.1 Å². The predicted octanol–water partition coefficient (Wildman–Crippen LogP) is 1.59. The van der Waals surface area contributed by atoms with Gasteiger partial charge in [-0.3, -0.25) is 0 Å². The molecule has 0 unspecified atom stereocenters. The summed E-state index contributed by atoms with van der Waals surface area (Å²) in [5.41, 5.74) is 6.35. The van der Waals surface area contributed by atoms with E-state index in [1.807, 2.05) is 16.8 Å². The van der Waals surface area contributed by atoms with E-state index >= 15 is 0 Å². The van der Waals surface area contributed by atoms with Crippen LogP contribution in [0.15, 0.2) is 32.2 Å². The summed E-state index contributed by atoms with van der Waals surface area (Å²) < 4.78 is 31.9. The molecule has 0 fully saturated rings. The van der Waals surface area contributed by atoms with Crippen LogP contribution in [-0.4, -0.2) is 8.42 Å². The summed E-state index contributed by atoms with van der Waals surface area (Å²) in [7, 11) is -3.55. The molecule has 0 bridgehead atoms. The lowest BCUT2D eigenvalue weighted by Crippen LogP contribution is -2.23. The SMILES string of the molecule is Cc1oc(CN)cc1S(=O)(=O)NCc1ccsc1. The molecule has 0 aromatic carbocycles. The average Bonchev–Trinajstić information content (AvgIpc) is 2.95. The second-order valence-electron chi connectivity index (χ2n) is 3.79. The van der Waals surface area contributed by atoms with E-state index in [-0.39, 0.29) is 18.0 Å². The molecule has 0 radical (unpaired) electrons. The molecule has 0 saturated carbocycles. The number of nitrogens with two attached hydrogens (primary N) is 1. The molecule has 0 aliphatic carbocycles. The van der Waals surface area contributed by atoms with Crippen LogP contribution in [0.2, 0.25) is 0 Å². The van der Waals surface area contributed by atoms with Gasteiger partial charge in [0.2, 0.25) is 10.0 Å². The van der Waals surface area contributed by atoms with E-state index in [0.717, 1.165) is 5.56 Å². The van der Waals surface area contributed by atoms with Crippen LogP contribution in [-0.2, 0) is 23.1 Å². The summed E-state index contributed by atoms with van der Waals surface area (Å²) in [6, 6.07) is 3.34. The van der Waals surface area contributed by atoms with E-state index in [9.17, 15) is 8.42 Å². The molecule has 98 valence electrons. The highest BCUT2D eigenvalue weighted by molar-refractivity contribution is 7.89. The van der Waals surface area contributed by atoms with E-state index in [1.54, 1.807) is 6.92 Å². The maximum atomic E-state index is 12.1. The summed E-state index contributed by atoms with van der Waals surface area (Å²) in [6.07, 6.45) is 0. The molecule has 0 aliphatic rings. The van der Waals surface area contributed by atoms with Crippen molar-refractivity contribution >= 4 is 21.4 Å². The Balaban J connectivity index is 2.17. The summed E-state index contributed by atoms with van der Waals surface area (Å²) in [4.78, 5) is 0.151. The summed E-state index contributed by atoms with van der Waals surface area (Å²) in [5, 5.41) is 3.80. The molecule has 0 spiro atoms. The Hall–Kier alpha value is -1.15. The Kier molecular flexibility index (Phi) is 3.86. The van der Waals surface area contributed by atoms with Gasteiger partial charge in [0.05, 0.1) is 6.54 Å². The normalized spacial score (nSPS) is 11.9. The number of hydrogen-bond donors (Lipinski definition) is 2. The van der Waals surface area contributed by atoms with E-state index in [0.29, 0.717) is 11.5 Å². The fourth-order valence-electron chi connectivity index (χ4n) is 1.54. The van der Waals surface area contributed by atoms with Crippen molar-refractivity contribution in [1.29, 1.82) is 0 Å². The molecule has 3 N–H and O–H groups in total. The largest absolute Gasteiger partial charge is 0.464 e. The molecule has 5 nitrogen and oxygen atoms in total. The van der Waals surface area contributed by atoms with Gasteiger partial charge in [-0.05, 0) is 29.3 Å². The molecule has 2 heterocycles. The first kappa shape index (κ1) is 13.3. The minimum atomic E-state index is -3.55. The van der Waals surface area contributed by atoms with Gasteiger partial charge in [0.25, 0.3) is 0 Å². The Morgan fingerprint density at radius 1 is 1.50 bits per heavy atom. The van der Waals surface area contributed by atoms with Crippen molar-refractivity contribution < 1.29 is 12.8 Å². The van der Waals surface area contributed by atoms with Gasteiger partial charge in [-0.1, -0.05) is 0 Å². The second kappa shape index (κ2) is 5.23. The number of rotatable bonds is 5. The molecule has 18 heavy (non-hydrogen) atoms. The third kappa shape index (κ3) is 2.81.